The van der Waals surface area contributed by atoms with Crippen molar-refractivity contribution in [3.8, 4) is 0 Å². The van der Waals surface area contributed by atoms with Gasteiger partial charge in [-0.3, -0.25) is 4.68 Å². The predicted molar refractivity (Wildman–Crippen MR) is 86.1 cm³/mol. The Bertz CT molecular complexity index is 658. The molecular formula is C12H9Br3N4. The van der Waals surface area contributed by atoms with Gasteiger partial charge in [-0.2, -0.15) is 5.10 Å². The molecule has 2 rings (SSSR count). The van der Waals surface area contributed by atoms with Crippen LogP contribution in [0.25, 0.3) is 4.85 Å². The van der Waals surface area contributed by atoms with E-state index in [0.717, 1.165) is 20.9 Å². The van der Waals surface area contributed by atoms with Gasteiger partial charge in [0.15, 0.2) is 0 Å². The van der Waals surface area contributed by atoms with E-state index in [1.807, 2.05) is 12.1 Å². The first-order valence-corrected chi connectivity index (χ1v) is 7.74. The van der Waals surface area contributed by atoms with Crippen molar-refractivity contribution in [3.63, 3.8) is 0 Å². The average Bonchev–Trinajstić information content (AvgIpc) is 2.65. The summed E-state index contributed by atoms with van der Waals surface area (Å²) in [4.78, 5) is 3.35. The number of benzene rings is 1. The van der Waals surface area contributed by atoms with Crippen LogP contribution in [0.15, 0.2) is 31.7 Å². The molecule has 0 aliphatic carbocycles. The zero-order valence-electron chi connectivity index (χ0n) is 9.70. The van der Waals surface area contributed by atoms with Crippen LogP contribution in [-0.2, 0) is 13.0 Å². The van der Waals surface area contributed by atoms with E-state index in [0.29, 0.717) is 22.7 Å². The van der Waals surface area contributed by atoms with Crippen molar-refractivity contribution in [2.45, 2.75) is 13.0 Å². The lowest BCUT2D eigenvalue weighted by molar-refractivity contribution is 0.619. The highest BCUT2D eigenvalue weighted by atomic mass is 79.9. The first-order valence-electron chi connectivity index (χ1n) is 5.36. The molecule has 2 N–H and O–H groups in total. The monoisotopic (exact) mass is 446 g/mol. The lowest BCUT2D eigenvalue weighted by Crippen LogP contribution is -2.07. The largest absolute Gasteiger partial charge is 0.393 e. The van der Waals surface area contributed by atoms with Gasteiger partial charge in [0, 0.05) is 15.5 Å². The Morgan fingerprint density at radius 2 is 2.05 bits per heavy atom. The van der Waals surface area contributed by atoms with Crippen LogP contribution >= 0.6 is 47.8 Å². The number of hydrogen-bond acceptors (Lipinski definition) is 2. The van der Waals surface area contributed by atoms with Crippen LogP contribution in [0.2, 0.25) is 0 Å². The van der Waals surface area contributed by atoms with Gasteiger partial charge in [0.25, 0.3) is 5.69 Å². The Balaban J connectivity index is 2.20. The number of aromatic nitrogens is 2. The quantitative estimate of drug-likeness (QED) is 0.700. The van der Waals surface area contributed by atoms with Gasteiger partial charge in [-0.05, 0) is 46.1 Å². The molecular weight excluding hydrogens is 440 g/mol. The van der Waals surface area contributed by atoms with E-state index in [2.05, 4.69) is 63.8 Å². The maximum Gasteiger partial charge on any atom is 0.261 e. The van der Waals surface area contributed by atoms with Gasteiger partial charge in [0.1, 0.15) is 10.4 Å². The molecule has 0 aliphatic heterocycles. The van der Waals surface area contributed by atoms with E-state index in [1.165, 1.54) is 0 Å². The zero-order valence-corrected chi connectivity index (χ0v) is 14.5. The summed E-state index contributed by atoms with van der Waals surface area (Å²) in [6.45, 7) is 7.67. The smallest absolute Gasteiger partial charge is 0.261 e. The molecule has 7 heteroatoms. The van der Waals surface area contributed by atoms with Crippen molar-refractivity contribution in [2.24, 2.45) is 0 Å². The molecule has 0 fully saturated rings. The van der Waals surface area contributed by atoms with Crippen LogP contribution in [0.4, 0.5) is 11.5 Å². The van der Waals surface area contributed by atoms with Crippen LogP contribution in [0.1, 0.15) is 5.56 Å². The summed E-state index contributed by atoms with van der Waals surface area (Å²) in [6.07, 6.45) is 0.774. The summed E-state index contributed by atoms with van der Waals surface area (Å²) < 4.78 is 4.21. The molecule has 1 aromatic carbocycles. The average molecular weight is 449 g/mol. The van der Waals surface area contributed by atoms with Gasteiger partial charge in [0.2, 0.25) is 0 Å². The highest BCUT2D eigenvalue weighted by Gasteiger charge is 2.13. The zero-order chi connectivity index (χ0) is 14.0. The lowest BCUT2D eigenvalue weighted by atomic mass is 10.1. The van der Waals surface area contributed by atoms with Crippen LogP contribution in [0.3, 0.4) is 0 Å². The molecule has 1 heterocycles. The number of anilines is 1. The minimum atomic E-state index is 0.369. The van der Waals surface area contributed by atoms with Crippen molar-refractivity contribution in [1.29, 1.82) is 0 Å². The Labute approximate surface area is 136 Å². The molecule has 1 aromatic heterocycles. The molecule has 0 radical (unpaired) electrons. The maximum absolute atomic E-state index is 7.05. The molecule has 98 valence electrons. The fourth-order valence-corrected chi connectivity index (χ4v) is 3.01. The summed E-state index contributed by atoms with van der Waals surface area (Å²) >= 11 is 10.2. The minimum absolute atomic E-state index is 0.369. The molecule has 4 nitrogen and oxygen atoms in total. The summed E-state index contributed by atoms with van der Waals surface area (Å²) in [6, 6.07) is 6.02. The van der Waals surface area contributed by atoms with Crippen LogP contribution in [0.5, 0.6) is 0 Å². The third-order valence-corrected chi connectivity index (χ3v) is 4.44. The molecule has 19 heavy (non-hydrogen) atoms. The van der Waals surface area contributed by atoms with Crippen molar-refractivity contribution in [3.05, 3.63) is 48.7 Å². The molecule has 0 aliphatic rings. The van der Waals surface area contributed by atoms with E-state index in [4.69, 9.17) is 12.3 Å². The number of nitrogen functional groups attached to an aromatic ring is 1. The molecule has 0 unspecified atom stereocenters. The Morgan fingerprint density at radius 3 is 2.68 bits per heavy atom. The second-order valence-electron chi connectivity index (χ2n) is 3.85. The molecule has 0 saturated heterocycles. The number of hydrogen-bond donors (Lipinski definition) is 1. The molecule has 0 spiro atoms. The number of nitrogens with zero attached hydrogens (tertiary/aromatic N) is 3. The topological polar surface area (TPSA) is 48.2 Å². The molecule has 0 bridgehead atoms. The minimum Gasteiger partial charge on any atom is -0.393 e. The van der Waals surface area contributed by atoms with Gasteiger partial charge in [0.05, 0.1) is 6.57 Å². The standard InChI is InChI=1S/C12H9Br3N4/c1-17-10-11(15)18-19(12(10)16)5-4-7-6-8(13)2-3-9(7)14/h2-3,6H,4-5,16H2. The van der Waals surface area contributed by atoms with Gasteiger partial charge in [-0.1, -0.05) is 31.9 Å². The van der Waals surface area contributed by atoms with E-state index in [1.54, 1.807) is 4.68 Å². The lowest BCUT2D eigenvalue weighted by Gasteiger charge is -2.07. The number of aryl methyl sites for hydroxylation is 2. The normalized spacial score (nSPS) is 10.4. The van der Waals surface area contributed by atoms with Crippen LogP contribution in [0, 0.1) is 6.57 Å². The fourth-order valence-electron chi connectivity index (χ4n) is 1.67. The fraction of sp³-hybridized carbons (Fsp3) is 0.167. The Hall–Kier alpha value is -0.840. The number of halogens is 3. The van der Waals surface area contributed by atoms with Crippen LogP contribution < -0.4 is 5.73 Å². The van der Waals surface area contributed by atoms with Gasteiger partial charge < -0.3 is 5.73 Å². The van der Waals surface area contributed by atoms with Crippen molar-refractivity contribution >= 4 is 59.3 Å². The van der Waals surface area contributed by atoms with Crippen LogP contribution in [-0.4, -0.2) is 9.78 Å². The SMILES string of the molecule is [C-]#[N+]c1c(Br)nn(CCc2cc(Br)ccc2Br)c1N. The molecule has 0 amide bonds. The summed E-state index contributed by atoms with van der Waals surface area (Å²) in [7, 11) is 0. The Morgan fingerprint density at radius 1 is 1.32 bits per heavy atom. The molecule has 0 saturated carbocycles. The third kappa shape index (κ3) is 3.19. The predicted octanol–water partition coefficient (Wildman–Crippen LogP) is 4.55. The first-order chi connectivity index (χ1) is 9.02. The number of rotatable bonds is 3. The maximum atomic E-state index is 7.05. The van der Waals surface area contributed by atoms with E-state index < -0.39 is 0 Å². The summed E-state index contributed by atoms with van der Waals surface area (Å²) in [5.74, 6) is 0.396. The highest BCUT2D eigenvalue weighted by Crippen LogP contribution is 2.31. The van der Waals surface area contributed by atoms with E-state index in [9.17, 15) is 0 Å². The van der Waals surface area contributed by atoms with Crippen molar-refractivity contribution in [1.82, 2.24) is 9.78 Å². The van der Waals surface area contributed by atoms with Gasteiger partial charge in [-0.25, -0.2) is 4.85 Å². The molecule has 0 atom stereocenters. The second kappa shape index (κ2) is 6.07. The van der Waals surface area contributed by atoms with Gasteiger partial charge >= 0.3 is 0 Å². The van der Waals surface area contributed by atoms with E-state index in [-0.39, 0.29) is 0 Å². The van der Waals surface area contributed by atoms with Gasteiger partial charge in [-0.15, -0.1) is 0 Å². The van der Waals surface area contributed by atoms with E-state index >= 15 is 0 Å². The second-order valence-corrected chi connectivity index (χ2v) is 6.37. The third-order valence-electron chi connectivity index (χ3n) is 2.64. The first kappa shape index (κ1) is 14.6. The molecule has 2 aromatic rings. The Kier molecular flexibility index (Phi) is 4.66. The summed E-state index contributed by atoms with van der Waals surface area (Å²) in [5.41, 5.74) is 7.41. The number of nitrogens with two attached hydrogens (primary N) is 1. The highest BCUT2D eigenvalue weighted by molar-refractivity contribution is 9.11. The van der Waals surface area contributed by atoms with Crippen molar-refractivity contribution in [2.75, 3.05) is 5.73 Å². The van der Waals surface area contributed by atoms with Crippen molar-refractivity contribution < 1.29 is 0 Å². The summed E-state index contributed by atoms with van der Waals surface area (Å²) in [5, 5.41) is 4.22.